The fraction of sp³-hybridized carbons (Fsp3) is 0.553. The number of carboxylic acid groups (broad SMARTS) is 1. The fourth-order valence-corrected chi connectivity index (χ4v) is 7.79. The number of unbranched alkanes of at least 4 members (excludes halogenated alkanes) is 1. The second-order valence-corrected chi connectivity index (χ2v) is 14.4. The highest BCUT2D eigenvalue weighted by molar-refractivity contribution is 5.97. The van der Waals surface area contributed by atoms with Crippen molar-refractivity contribution in [3.63, 3.8) is 0 Å². The molecule has 1 saturated carbocycles. The molecule has 13 nitrogen and oxygen atoms in total. The molecule has 2 bridgehead atoms. The van der Waals surface area contributed by atoms with E-state index in [1.54, 1.807) is 0 Å². The van der Waals surface area contributed by atoms with E-state index in [1.165, 1.54) is 0 Å². The number of nitrogens with one attached hydrogen (secondary N) is 3. The number of aliphatic carboxylic acids is 1. The zero-order valence-electron chi connectivity index (χ0n) is 29.3. The molecule has 4 amide bonds. The number of nitrogens with zero attached hydrogens (tertiary/aromatic N) is 2. The molecule has 0 spiro atoms. The van der Waals surface area contributed by atoms with Gasteiger partial charge in [0, 0.05) is 31.6 Å². The molecular weight excluding hydrogens is 650 g/mol. The highest BCUT2D eigenvalue weighted by Gasteiger charge is 2.50. The van der Waals surface area contributed by atoms with E-state index in [1.807, 2.05) is 70.5 Å². The lowest BCUT2D eigenvalue weighted by atomic mass is 9.80. The van der Waals surface area contributed by atoms with Crippen molar-refractivity contribution in [1.29, 1.82) is 0 Å². The second kappa shape index (κ2) is 17.7. The number of carboxylic acids is 1. The maximum absolute atomic E-state index is 14.4. The van der Waals surface area contributed by atoms with Crippen LogP contribution in [0.2, 0.25) is 0 Å². The molecule has 3 aliphatic rings. The van der Waals surface area contributed by atoms with Crippen LogP contribution in [0.15, 0.2) is 60.7 Å². The molecule has 3 fully saturated rings. The zero-order chi connectivity index (χ0) is 36.4. The van der Waals surface area contributed by atoms with Crippen LogP contribution in [0.1, 0.15) is 68.9 Å². The van der Waals surface area contributed by atoms with Crippen molar-refractivity contribution in [3.8, 4) is 0 Å². The number of nitrogens with two attached hydrogens (primary N) is 2. The Morgan fingerprint density at radius 2 is 1.41 bits per heavy atom. The number of carbonyl (C=O) groups excluding carboxylic acids is 4. The van der Waals surface area contributed by atoms with E-state index >= 15 is 0 Å². The molecule has 5 unspecified atom stereocenters. The Labute approximate surface area is 299 Å². The van der Waals surface area contributed by atoms with E-state index < -0.39 is 47.4 Å². The van der Waals surface area contributed by atoms with Gasteiger partial charge < -0.3 is 37.4 Å². The maximum atomic E-state index is 14.4. The number of amides is 4. The molecule has 51 heavy (non-hydrogen) atoms. The molecule has 13 heteroatoms. The molecule has 0 radical (unpaired) electrons. The SMILES string of the molecule is NCCCCC(NC(=O)C1(NC(=O)C(Cc2ccccc2)NC(=O)C(N)Cc2ccccc2)CCCCC1)C(=O)N1C2CC1CN(CC(=O)O)C2. The predicted octanol–water partition coefficient (Wildman–Crippen LogP) is 1.09. The first-order valence-corrected chi connectivity index (χ1v) is 18.3. The van der Waals surface area contributed by atoms with Crippen molar-refractivity contribution >= 4 is 29.6 Å². The Bertz CT molecular complexity index is 1490. The van der Waals surface area contributed by atoms with Gasteiger partial charge in [-0.05, 0) is 62.6 Å². The normalized spacial score (nSPS) is 21.3. The second-order valence-electron chi connectivity index (χ2n) is 14.4. The monoisotopic (exact) mass is 703 g/mol. The van der Waals surface area contributed by atoms with Gasteiger partial charge >= 0.3 is 5.97 Å². The molecular formula is C38H53N7O6. The van der Waals surface area contributed by atoms with Gasteiger partial charge in [-0.25, -0.2) is 0 Å². The number of fused-ring (bicyclic) bond motifs is 2. The van der Waals surface area contributed by atoms with Crippen LogP contribution in [0, 0.1) is 0 Å². The van der Waals surface area contributed by atoms with Crippen LogP contribution in [-0.4, -0.2) is 106 Å². The first kappa shape index (κ1) is 37.9. The van der Waals surface area contributed by atoms with Crippen LogP contribution in [0.5, 0.6) is 0 Å². The average Bonchev–Trinajstić information content (AvgIpc) is 3.11. The van der Waals surface area contributed by atoms with Gasteiger partial charge in [0.1, 0.15) is 17.6 Å². The van der Waals surface area contributed by atoms with Crippen molar-refractivity contribution in [1.82, 2.24) is 25.8 Å². The molecule has 2 aliphatic heterocycles. The Balaban J connectivity index is 1.31. The minimum Gasteiger partial charge on any atom is -0.480 e. The number of hydrogen-bond donors (Lipinski definition) is 6. The van der Waals surface area contributed by atoms with Crippen LogP contribution in [0.25, 0.3) is 0 Å². The molecule has 276 valence electrons. The summed E-state index contributed by atoms with van der Waals surface area (Å²) in [6.07, 6.45) is 6.15. The Hall–Kier alpha value is -4.33. The van der Waals surface area contributed by atoms with E-state index in [0.717, 1.165) is 24.0 Å². The average molecular weight is 704 g/mol. The highest BCUT2D eigenvalue weighted by atomic mass is 16.4. The van der Waals surface area contributed by atoms with E-state index in [4.69, 9.17) is 11.5 Å². The summed E-state index contributed by atoms with van der Waals surface area (Å²) in [6, 6.07) is 15.9. The smallest absolute Gasteiger partial charge is 0.317 e. The number of rotatable bonds is 17. The van der Waals surface area contributed by atoms with Crippen molar-refractivity contribution in [2.75, 3.05) is 26.2 Å². The molecule has 2 aromatic rings. The summed E-state index contributed by atoms with van der Waals surface area (Å²) in [5.41, 5.74) is 12.5. The summed E-state index contributed by atoms with van der Waals surface area (Å²) in [5.74, 6) is -2.45. The molecule has 5 rings (SSSR count). The lowest BCUT2D eigenvalue weighted by Gasteiger charge is -2.57. The topological polar surface area (TPSA) is 200 Å². The highest BCUT2D eigenvalue weighted by Crippen LogP contribution is 2.34. The minimum atomic E-state index is -1.27. The number of carbonyl (C=O) groups is 5. The maximum Gasteiger partial charge on any atom is 0.317 e. The largest absolute Gasteiger partial charge is 0.480 e. The number of piperidine rings is 1. The summed E-state index contributed by atoms with van der Waals surface area (Å²) in [5, 5.41) is 18.2. The van der Waals surface area contributed by atoms with Crippen molar-refractivity contribution in [3.05, 3.63) is 71.8 Å². The van der Waals surface area contributed by atoms with Gasteiger partial charge in [-0.1, -0.05) is 79.9 Å². The summed E-state index contributed by atoms with van der Waals surface area (Å²) >= 11 is 0. The van der Waals surface area contributed by atoms with Crippen LogP contribution in [0.3, 0.4) is 0 Å². The van der Waals surface area contributed by atoms with Crippen molar-refractivity contribution in [2.24, 2.45) is 11.5 Å². The van der Waals surface area contributed by atoms with Crippen LogP contribution in [0.4, 0.5) is 0 Å². The van der Waals surface area contributed by atoms with Crippen LogP contribution < -0.4 is 27.4 Å². The quantitative estimate of drug-likeness (QED) is 0.131. The van der Waals surface area contributed by atoms with E-state index in [2.05, 4.69) is 16.0 Å². The van der Waals surface area contributed by atoms with Gasteiger partial charge in [0.05, 0.1) is 12.6 Å². The van der Waals surface area contributed by atoms with Crippen LogP contribution >= 0.6 is 0 Å². The molecule has 2 aromatic carbocycles. The van der Waals surface area contributed by atoms with E-state index in [9.17, 15) is 29.1 Å². The van der Waals surface area contributed by atoms with E-state index in [0.29, 0.717) is 71.0 Å². The number of likely N-dealkylation sites (tertiary alicyclic amines) is 2. The summed E-state index contributed by atoms with van der Waals surface area (Å²) in [4.78, 5) is 70.9. The minimum absolute atomic E-state index is 0.0708. The van der Waals surface area contributed by atoms with Crippen molar-refractivity contribution < 1.29 is 29.1 Å². The number of hydrogen-bond acceptors (Lipinski definition) is 8. The number of piperazine rings is 1. The Morgan fingerprint density at radius 3 is 2.00 bits per heavy atom. The van der Waals surface area contributed by atoms with Crippen molar-refractivity contribution in [2.45, 2.75) is 106 Å². The summed E-state index contributed by atoms with van der Waals surface area (Å²) < 4.78 is 0. The van der Waals surface area contributed by atoms with Gasteiger partial charge in [-0.2, -0.15) is 0 Å². The Morgan fingerprint density at radius 1 is 0.804 bits per heavy atom. The standard InChI is InChI=1S/C38H53N7O6/c39-19-11-8-16-31(36(50)45-28-22-29(45)24-44(23-28)25-33(46)47)42-37(51)38(17-9-3-10-18-38)43-35(49)32(21-27-14-6-2-7-15-27)41-34(48)30(40)20-26-12-4-1-5-13-26/h1-2,4-7,12-15,28-32H,3,8-11,16-25,39-40H2,(H,41,48)(H,42,51)(H,43,49)(H,46,47). The fourth-order valence-electron chi connectivity index (χ4n) is 7.79. The van der Waals surface area contributed by atoms with E-state index in [-0.39, 0.29) is 31.0 Å². The Kier molecular flexibility index (Phi) is 13.2. The third kappa shape index (κ3) is 9.93. The molecule has 2 heterocycles. The summed E-state index contributed by atoms with van der Waals surface area (Å²) in [7, 11) is 0. The molecule has 2 saturated heterocycles. The first-order valence-electron chi connectivity index (χ1n) is 18.3. The summed E-state index contributed by atoms with van der Waals surface area (Å²) in [6.45, 7) is 1.33. The predicted molar refractivity (Wildman–Crippen MR) is 192 cm³/mol. The first-order chi connectivity index (χ1) is 24.6. The zero-order valence-corrected chi connectivity index (χ0v) is 29.3. The van der Waals surface area contributed by atoms with Gasteiger partial charge in [-0.3, -0.25) is 28.9 Å². The lowest BCUT2D eigenvalue weighted by molar-refractivity contribution is -0.160. The van der Waals surface area contributed by atoms with Crippen LogP contribution in [-0.2, 0) is 36.8 Å². The van der Waals surface area contributed by atoms with Gasteiger partial charge in [0.15, 0.2) is 0 Å². The molecule has 0 aromatic heterocycles. The molecule has 1 aliphatic carbocycles. The lowest BCUT2D eigenvalue weighted by Crippen LogP contribution is -2.73. The van der Waals surface area contributed by atoms with Gasteiger partial charge in [-0.15, -0.1) is 0 Å². The number of benzene rings is 2. The third-order valence-electron chi connectivity index (χ3n) is 10.5. The van der Waals surface area contributed by atoms with Gasteiger partial charge in [0.2, 0.25) is 23.6 Å². The molecule has 5 atom stereocenters. The van der Waals surface area contributed by atoms with Gasteiger partial charge in [0.25, 0.3) is 0 Å². The molecule has 8 N–H and O–H groups in total. The third-order valence-corrected chi connectivity index (χ3v) is 10.5.